The fraction of sp³-hybridized carbons (Fsp3) is 0.571. The van der Waals surface area contributed by atoms with Gasteiger partial charge in [-0.15, -0.1) is 0 Å². The molecule has 7 heteroatoms. The van der Waals surface area contributed by atoms with Gasteiger partial charge in [-0.3, -0.25) is 4.90 Å². The number of nitrogens with zero attached hydrogens (tertiary/aromatic N) is 1. The van der Waals surface area contributed by atoms with Crippen LogP contribution in [0.4, 0.5) is 0 Å². The molecule has 118 valence electrons. The zero-order valence-electron chi connectivity index (χ0n) is 12.2. The van der Waals surface area contributed by atoms with Crippen LogP contribution >= 0.6 is 0 Å². The van der Waals surface area contributed by atoms with E-state index >= 15 is 0 Å². The van der Waals surface area contributed by atoms with Crippen LogP contribution in [0, 0.1) is 0 Å². The summed E-state index contributed by atoms with van der Waals surface area (Å²) in [7, 11) is -2.06. The van der Waals surface area contributed by atoms with Crippen LogP contribution in [-0.4, -0.2) is 59.8 Å². The summed E-state index contributed by atoms with van der Waals surface area (Å²) in [5.41, 5.74) is 0. The van der Waals surface area contributed by atoms with Crippen molar-refractivity contribution >= 4 is 10.0 Å². The van der Waals surface area contributed by atoms with E-state index in [0.29, 0.717) is 12.3 Å². The molecule has 0 radical (unpaired) electrons. The molecule has 1 heterocycles. The van der Waals surface area contributed by atoms with Crippen LogP contribution in [0.2, 0.25) is 0 Å². The van der Waals surface area contributed by atoms with Crippen LogP contribution in [0.5, 0.6) is 5.75 Å². The maximum atomic E-state index is 12.2. The van der Waals surface area contributed by atoms with Gasteiger partial charge in [0, 0.05) is 19.6 Å². The SMILES string of the molecule is COc1ccccc1S(=O)(=O)NCCCN1CCOCC1. The summed E-state index contributed by atoms with van der Waals surface area (Å²) in [4.78, 5) is 2.46. The van der Waals surface area contributed by atoms with Gasteiger partial charge in [0.05, 0.1) is 20.3 Å². The molecule has 6 nitrogen and oxygen atoms in total. The first-order valence-electron chi connectivity index (χ1n) is 7.06. The van der Waals surface area contributed by atoms with Gasteiger partial charge in [-0.05, 0) is 25.1 Å². The van der Waals surface area contributed by atoms with Crippen LogP contribution in [0.25, 0.3) is 0 Å². The monoisotopic (exact) mass is 314 g/mol. The highest BCUT2D eigenvalue weighted by Crippen LogP contribution is 2.22. The predicted molar refractivity (Wildman–Crippen MR) is 80.1 cm³/mol. The topological polar surface area (TPSA) is 67.9 Å². The van der Waals surface area contributed by atoms with Gasteiger partial charge < -0.3 is 9.47 Å². The molecule has 0 aliphatic carbocycles. The lowest BCUT2D eigenvalue weighted by atomic mass is 10.3. The summed E-state index contributed by atoms with van der Waals surface area (Å²) >= 11 is 0. The highest BCUT2D eigenvalue weighted by atomic mass is 32.2. The van der Waals surface area contributed by atoms with Crippen molar-refractivity contribution in [2.24, 2.45) is 0 Å². The van der Waals surface area contributed by atoms with Gasteiger partial charge in [-0.2, -0.15) is 0 Å². The molecule has 1 aromatic rings. The number of hydrogen-bond acceptors (Lipinski definition) is 5. The van der Waals surface area contributed by atoms with E-state index in [1.54, 1.807) is 24.3 Å². The highest BCUT2D eigenvalue weighted by molar-refractivity contribution is 7.89. The number of morpholine rings is 1. The van der Waals surface area contributed by atoms with Gasteiger partial charge >= 0.3 is 0 Å². The Balaban J connectivity index is 1.83. The van der Waals surface area contributed by atoms with Gasteiger partial charge in [0.25, 0.3) is 0 Å². The van der Waals surface area contributed by atoms with Crippen LogP contribution < -0.4 is 9.46 Å². The number of rotatable bonds is 7. The van der Waals surface area contributed by atoms with Crippen molar-refractivity contribution < 1.29 is 17.9 Å². The molecule has 1 N–H and O–H groups in total. The summed E-state index contributed by atoms with van der Waals surface area (Å²) < 4.78 is 37.5. The van der Waals surface area contributed by atoms with Crippen molar-refractivity contribution in [2.75, 3.05) is 46.5 Å². The van der Waals surface area contributed by atoms with Gasteiger partial charge in [-0.1, -0.05) is 12.1 Å². The van der Waals surface area contributed by atoms with Crippen molar-refractivity contribution in [1.82, 2.24) is 9.62 Å². The molecule has 1 saturated heterocycles. The molecule has 1 aromatic carbocycles. The third-order valence-corrected chi connectivity index (χ3v) is 4.91. The van der Waals surface area contributed by atoms with E-state index in [4.69, 9.17) is 9.47 Å². The normalized spacial score (nSPS) is 16.8. The molecule has 0 unspecified atom stereocenters. The second kappa shape index (κ2) is 7.74. The number of ether oxygens (including phenoxy) is 2. The lowest BCUT2D eigenvalue weighted by Gasteiger charge is -2.26. The van der Waals surface area contributed by atoms with Crippen LogP contribution in [-0.2, 0) is 14.8 Å². The van der Waals surface area contributed by atoms with Crippen LogP contribution in [0.15, 0.2) is 29.2 Å². The molecule has 1 fully saturated rings. The van der Waals surface area contributed by atoms with E-state index in [-0.39, 0.29) is 4.90 Å². The number of nitrogens with one attached hydrogen (secondary N) is 1. The summed E-state index contributed by atoms with van der Waals surface area (Å²) in [5, 5.41) is 0. The Labute approximate surface area is 126 Å². The first kappa shape index (κ1) is 16.2. The second-order valence-corrected chi connectivity index (χ2v) is 6.59. The first-order valence-corrected chi connectivity index (χ1v) is 8.54. The molecular weight excluding hydrogens is 292 g/mol. The van der Waals surface area contributed by atoms with Gasteiger partial charge in [-0.25, -0.2) is 13.1 Å². The molecule has 1 aliphatic heterocycles. The number of methoxy groups -OCH3 is 1. The zero-order chi connectivity index (χ0) is 15.1. The number of sulfonamides is 1. The average Bonchev–Trinajstić information content (AvgIpc) is 2.52. The van der Waals surface area contributed by atoms with Crippen molar-refractivity contribution in [3.8, 4) is 5.75 Å². The summed E-state index contributed by atoms with van der Waals surface area (Å²) in [5.74, 6) is 0.359. The van der Waals surface area contributed by atoms with Gasteiger partial charge in [0.15, 0.2) is 0 Å². The molecule has 1 aliphatic rings. The van der Waals surface area contributed by atoms with E-state index in [2.05, 4.69) is 9.62 Å². The minimum absolute atomic E-state index is 0.180. The Hall–Kier alpha value is -1.15. The van der Waals surface area contributed by atoms with Crippen molar-refractivity contribution in [2.45, 2.75) is 11.3 Å². The highest BCUT2D eigenvalue weighted by Gasteiger charge is 2.18. The quantitative estimate of drug-likeness (QED) is 0.750. The Morgan fingerprint density at radius 2 is 2.00 bits per heavy atom. The van der Waals surface area contributed by atoms with E-state index in [1.165, 1.54) is 7.11 Å². The smallest absolute Gasteiger partial charge is 0.244 e. The Kier molecular flexibility index (Phi) is 5.98. The number of para-hydroxylation sites is 1. The molecule has 0 aromatic heterocycles. The van der Waals surface area contributed by atoms with Crippen molar-refractivity contribution in [1.29, 1.82) is 0 Å². The van der Waals surface area contributed by atoms with E-state index in [9.17, 15) is 8.42 Å². The molecule has 21 heavy (non-hydrogen) atoms. The molecule has 0 atom stereocenters. The Bertz CT molecular complexity index is 542. The Morgan fingerprint density at radius 3 is 2.71 bits per heavy atom. The van der Waals surface area contributed by atoms with Crippen LogP contribution in [0.3, 0.4) is 0 Å². The molecule has 0 bridgehead atoms. The van der Waals surface area contributed by atoms with Crippen molar-refractivity contribution in [3.63, 3.8) is 0 Å². The van der Waals surface area contributed by atoms with E-state index < -0.39 is 10.0 Å². The van der Waals surface area contributed by atoms with E-state index in [0.717, 1.165) is 39.3 Å². The molecule has 0 amide bonds. The van der Waals surface area contributed by atoms with Crippen molar-refractivity contribution in [3.05, 3.63) is 24.3 Å². The van der Waals surface area contributed by atoms with E-state index in [1.807, 2.05) is 0 Å². The fourth-order valence-electron chi connectivity index (χ4n) is 2.25. The van der Waals surface area contributed by atoms with Gasteiger partial charge in [0.1, 0.15) is 10.6 Å². The Morgan fingerprint density at radius 1 is 1.29 bits per heavy atom. The lowest BCUT2D eigenvalue weighted by molar-refractivity contribution is 0.0376. The summed E-state index contributed by atoms with van der Waals surface area (Å²) in [6.07, 6.45) is 0.772. The number of benzene rings is 1. The second-order valence-electron chi connectivity index (χ2n) is 4.86. The number of hydrogen-bond donors (Lipinski definition) is 1. The van der Waals surface area contributed by atoms with Gasteiger partial charge in [0.2, 0.25) is 10.0 Å². The first-order chi connectivity index (χ1) is 10.1. The molecule has 2 rings (SSSR count). The lowest BCUT2D eigenvalue weighted by Crippen LogP contribution is -2.38. The zero-order valence-corrected chi connectivity index (χ0v) is 13.1. The predicted octanol–water partition coefficient (Wildman–Crippen LogP) is 0.696. The minimum atomic E-state index is -3.52. The summed E-state index contributed by atoms with van der Waals surface area (Å²) in [6.45, 7) is 4.63. The molecule has 0 spiro atoms. The largest absolute Gasteiger partial charge is 0.495 e. The maximum absolute atomic E-state index is 12.2. The summed E-state index contributed by atoms with van der Waals surface area (Å²) in [6, 6.07) is 6.62. The fourth-order valence-corrected chi connectivity index (χ4v) is 3.50. The van der Waals surface area contributed by atoms with Crippen LogP contribution in [0.1, 0.15) is 6.42 Å². The maximum Gasteiger partial charge on any atom is 0.244 e. The average molecular weight is 314 g/mol. The third-order valence-electron chi connectivity index (χ3n) is 3.41. The molecular formula is C14H22N2O4S. The third kappa shape index (κ3) is 4.67. The standard InChI is InChI=1S/C14H22N2O4S/c1-19-13-5-2-3-6-14(13)21(17,18)15-7-4-8-16-9-11-20-12-10-16/h2-3,5-6,15H,4,7-12H2,1H3. The minimum Gasteiger partial charge on any atom is -0.495 e. The molecule has 0 saturated carbocycles.